The van der Waals surface area contributed by atoms with Gasteiger partial charge in [-0.1, -0.05) is 12.1 Å². The van der Waals surface area contributed by atoms with E-state index in [1.54, 1.807) is 24.3 Å². The Kier molecular flexibility index (Phi) is 2.81. The summed E-state index contributed by atoms with van der Waals surface area (Å²) in [6, 6.07) is 6.53. The fourth-order valence-corrected chi connectivity index (χ4v) is 2.83. The number of nitro groups is 1. The first kappa shape index (κ1) is 11.9. The molecule has 0 spiro atoms. The van der Waals surface area contributed by atoms with Crippen LogP contribution in [0.15, 0.2) is 30.0 Å². The number of hydrogen-bond donors (Lipinski definition) is 0. The number of ketones is 1. The van der Waals surface area contributed by atoms with Crippen LogP contribution in [-0.2, 0) is 4.79 Å². The molecule has 0 N–H and O–H groups in total. The van der Waals surface area contributed by atoms with Crippen LogP contribution in [0.25, 0.3) is 6.08 Å². The monoisotopic (exact) mass is 258 g/mol. The number of nitro benzene ring substituents is 1. The molecule has 3 heterocycles. The van der Waals surface area contributed by atoms with Crippen LogP contribution < -0.4 is 0 Å². The van der Waals surface area contributed by atoms with Gasteiger partial charge in [0.2, 0.25) is 0 Å². The first-order valence-corrected chi connectivity index (χ1v) is 6.41. The van der Waals surface area contributed by atoms with Gasteiger partial charge in [-0.15, -0.1) is 0 Å². The Labute approximate surface area is 110 Å². The SMILES string of the molecule is O=C1C(=Cc2ccccc2[N+](=O)[O-])N2CCC1CC2. The number of piperidine rings is 3. The fraction of sp³-hybridized carbons (Fsp3) is 0.357. The molecule has 5 heteroatoms. The molecule has 0 amide bonds. The van der Waals surface area contributed by atoms with Crippen LogP contribution in [0, 0.1) is 16.0 Å². The molecule has 0 aliphatic carbocycles. The van der Waals surface area contributed by atoms with Gasteiger partial charge < -0.3 is 4.90 Å². The van der Waals surface area contributed by atoms with E-state index in [-0.39, 0.29) is 17.4 Å². The molecule has 0 radical (unpaired) electrons. The number of allylic oxidation sites excluding steroid dienone is 1. The maximum absolute atomic E-state index is 12.2. The van der Waals surface area contributed by atoms with Crippen molar-refractivity contribution in [2.75, 3.05) is 13.1 Å². The van der Waals surface area contributed by atoms with Crippen molar-refractivity contribution in [3.63, 3.8) is 0 Å². The lowest BCUT2D eigenvalue weighted by atomic mass is 9.84. The zero-order valence-electron chi connectivity index (χ0n) is 10.4. The molecule has 3 aliphatic rings. The summed E-state index contributed by atoms with van der Waals surface area (Å²) in [5.41, 5.74) is 1.19. The molecular weight excluding hydrogens is 244 g/mol. The number of carbonyl (C=O) groups excluding carboxylic acids is 1. The average Bonchev–Trinajstić information content (AvgIpc) is 2.43. The summed E-state index contributed by atoms with van der Waals surface area (Å²) in [5, 5.41) is 11.0. The third kappa shape index (κ3) is 2.01. The number of para-hydroxylation sites is 1. The number of carbonyl (C=O) groups is 1. The van der Waals surface area contributed by atoms with Gasteiger partial charge in [-0.05, 0) is 25.0 Å². The second-order valence-corrected chi connectivity index (χ2v) is 4.97. The molecule has 0 atom stereocenters. The number of benzene rings is 1. The molecule has 5 nitrogen and oxygen atoms in total. The van der Waals surface area contributed by atoms with Crippen molar-refractivity contribution < 1.29 is 9.72 Å². The lowest BCUT2D eigenvalue weighted by Crippen LogP contribution is -2.45. The van der Waals surface area contributed by atoms with E-state index in [0.717, 1.165) is 25.9 Å². The van der Waals surface area contributed by atoms with Crippen LogP contribution in [0.1, 0.15) is 18.4 Å². The van der Waals surface area contributed by atoms with Crippen LogP contribution in [0.2, 0.25) is 0 Å². The highest BCUT2D eigenvalue weighted by Gasteiger charge is 2.36. The van der Waals surface area contributed by atoms with Crippen molar-refractivity contribution in [2.24, 2.45) is 5.92 Å². The van der Waals surface area contributed by atoms with Crippen molar-refractivity contribution in [1.29, 1.82) is 0 Å². The largest absolute Gasteiger partial charge is 0.369 e. The maximum Gasteiger partial charge on any atom is 0.276 e. The van der Waals surface area contributed by atoms with Crippen LogP contribution in [0.3, 0.4) is 0 Å². The van der Waals surface area contributed by atoms with Crippen LogP contribution >= 0.6 is 0 Å². The summed E-state index contributed by atoms with van der Waals surface area (Å²) in [6.07, 6.45) is 3.49. The van der Waals surface area contributed by atoms with E-state index < -0.39 is 4.92 Å². The minimum atomic E-state index is -0.409. The number of hydrogen-bond acceptors (Lipinski definition) is 4. The molecular formula is C14H14N2O3. The summed E-state index contributed by atoms with van der Waals surface area (Å²) in [7, 11) is 0. The van der Waals surface area contributed by atoms with Gasteiger partial charge in [-0.3, -0.25) is 14.9 Å². The lowest BCUT2D eigenvalue weighted by Gasteiger charge is -2.41. The van der Waals surface area contributed by atoms with Crippen molar-refractivity contribution in [3.05, 3.63) is 45.6 Å². The van der Waals surface area contributed by atoms with E-state index in [9.17, 15) is 14.9 Å². The summed E-state index contributed by atoms with van der Waals surface area (Å²) in [4.78, 5) is 24.8. The summed E-state index contributed by atoms with van der Waals surface area (Å²) < 4.78 is 0. The van der Waals surface area contributed by atoms with Gasteiger partial charge in [0.25, 0.3) is 5.69 Å². The van der Waals surface area contributed by atoms with Crippen LogP contribution in [0.4, 0.5) is 5.69 Å². The Morgan fingerprint density at radius 1 is 1.26 bits per heavy atom. The van der Waals surface area contributed by atoms with Gasteiger partial charge in [0, 0.05) is 25.1 Å². The van der Waals surface area contributed by atoms with Crippen molar-refractivity contribution in [1.82, 2.24) is 4.90 Å². The fourth-order valence-electron chi connectivity index (χ4n) is 2.83. The number of Topliss-reactive ketones (excluding diaryl/α,β-unsaturated/α-hetero) is 1. The second-order valence-electron chi connectivity index (χ2n) is 4.97. The van der Waals surface area contributed by atoms with Gasteiger partial charge in [-0.25, -0.2) is 0 Å². The molecule has 0 saturated carbocycles. The van der Waals surface area contributed by atoms with E-state index in [2.05, 4.69) is 0 Å². The Hall–Kier alpha value is -2.17. The summed E-state index contributed by atoms with van der Waals surface area (Å²) in [6.45, 7) is 1.76. The first-order chi connectivity index (χ1) is 9.16. The molecule has 3 saturated heterocycles. The van der Waals surface area contributed by atoms with Crippen LogP contribution in [0.5, 0.6) is 0 Å². The van der Waals surface area contributed by atoms with Gasteiger partial charge in [0.15, 0.2) is 5.78 Å². The van der Waals surface area contributed by atoms with E-state index >= 15 is 0 Å². The maximum atomic E-state index is 12.2. The zero-order valence-corrected chi connectivity index (χ0v) is 10.4. The van der Waals surface area contributed by atoms with Crippen LogP contribution in [-0.4, -0.2) is 28.7 Å². The third-order valence-corrected chi connectivity index (χ3v) is 3.88. The minimum Gasteiger partial charge on any atom is -0.369 e. The number of fused-ring (bicyclic) bond motifs is 3. The Morgan fingerprint density at radius 2 is 1.95 bits per heavy atom. The van der Waals surface area contributed by atoms with Gasteiger partial charge in [-0.2, -0.15) is 0 Å². The van der Waals surface area contributed by atoms with Crippen molar-refractivity contribution in [3.8, 4) is 0 Å². The van der Waals surface area contributed by atoms with Gasteiger partial charge in [0.05, 0.1) is 16.2 Å². The Bertz CT molecular complexity index is 572. The molecule has 1 aromatic rings. The van der Waals surface area contributed by atoms with Gasteiger partial charge >= 0.3 is 0 Å². The van der Waals surface area contributed by atoms with Crippen molar-refractivity contribution in [2.45, 2.75) is 12.8 Å². The third-order valence-electron chi connectivity index (χ3n) is 3.88. The normalized spacial score (nSPS) is 21.2. The highest BCUT2D eigenvalue weighted by Crippen LogP contribution is 2.33. The topological polar surface area (TPSA) is 63.4 Å². The quantitative estimate of drug-likeness (QED) is 0.463. The highest BCUT2D eigenvalue weighted by atomic mass is 16.6. The molecule has 4 rings (SSSR count). The molecule has 0 aromatic heterocycles. The number of rotatable bonds is 2. The number of nitrogens with zero attached hydrogens (tertiary/aromatic N) is 2. The van der Waals surface area contributed by atoms with E-state index in [4.69, 9.17) is 0 Å². The standard InChI is InChI=1S/C14H14N2O3/c17-14-10-5-7-15(8-6-10)13(14)9-11-3-1-2-4-12(11)16(18)19/h1-4,9-10H,5-8H2. The first-order valence-electron chi connectivity index (χ1n) is 6.41. The lowest BCUT2D eigenvalue weighted by molar-refractivity contribution is -0.385. The average molecular weight is 258 g/mol. The molecule has 0 unspecified atom stereocenters. The smallest absolute Gasteiger partial charge is 0.276 e. The summed E-state index contributed by atoms with van der Waals surface area (Å²) in [5.74, 6) is 0.245. The van der Waals surface area contributed by atoms with Crippen molar-refractivity contribution >= 4 is 17.5 Å². The molecule has 19 heavy (non-hydrogen) atoms. The van der Waals surface area contributed by atoms with Gasteiger partial charge in [0.1, 0.15) is 0 Å². The van der Waals surface area contributed by atoms with E-state index in [0.29, 0.717) is 11.3 Å². The highest BCUT2D eigenvalue weighted by molar-refractivity contribution is 6.02. The van der Waals surface area contributed by atoms with E-state index in [1.807, 2.05) is 4.90 Å². The Balaban J connectivity index is 2.02. The molecule has 98 valence electrons. The zero-order chi connectivity index (χ0) is 13.4. The second kappa shape index (κ2) is 4.50. The molecule has 2 bridgehead atoms. The molecule has 1 aromatic carbocycles. The summed E-state index contributed by atoms with van der Waals surface area (Å²) >= 11 is 0. The predicted molar refractivity (Wildman–Crippen MR) is 70.4 cm³/mol. The van der Waals surface area contributed by atoms with E-state index in [1.165, 1.54) is 6.07 Å². The molecule has 3 fully saturated rings. The predicted octanol–water partition coefficient (Wildman–Crippen LogP) is 2.23. The minimum absolute atomic E-state index is 0.0467. The Morgan fingerprint density at radius 3 is 2.58 bits per heavy atom. The molecule has 3 aliphatic heterocycles.